The van der Waals surface area contributed by atoms with Crippen LogP contribution in [-0.2, 0) is 11.3 Å². The smallest absolute Gasteiger partial charge is 0.358 e. The van der Waals surface area contributed by atoms with Gasteiger partial charge in [0, 0.05) is 5.69 Å². The van der Waals surface area contributed by atoms with Crippen molar-refractivity contribution < 1.29 is 9.53 Å². The second-order valence-electron chi connectivity index (χ2n) is 7.18. The maximum Gasteiger partial charge on any atom is 0.358 e. The van der Waals surface area contributed by atoms with E-state index < -0.39 is 5.97 Å². The van der Waals surface area contributed by atoms with Gasteiger partial charge in [0.15, 0.2) is 11.5 Å². The quantitative estimate of drug-likeness (QED) is 0.425. The molecule has 1 aromatic carbocycles. The number of hydrogen-bond donors (Lipinski definition) is 0. The minimum atomic E-state index is -0.708. The molecule has 3 heterocycles. The van der Waals surface area contributed by atoms with E-state index in [1.165, 1.54) is 0 Å². The summed E-state index contributed by atoms with van der Waals surface area (Å²) in [5, 5.41) is 18.6. The number of ether oxygens (including phenoxy) is 1. The topological polar surface area (TPSA) is 98.6 Å². The highest BCUT2D eigenvalue weighted by Gasteiger charge is 2.21. The Kier molecular flexibility index (Phi) is 5.75. The number of nitrogens with zero attached hydrogens (tertiary/aromatic N) is 6. The molecule has 0 aliphatic heterocycles. The van der Waals surface area contributed by atoms with Crippen molar-refractivity contribution in [2.45, 2.75) is 27.4 Å². The van der Waals surface area contributed by atoms with E-state index in [1.54, 1.807) is 28.4 Å². The zero-order valence-electron chi connectivity index (χ0n) is 17.7. The SMILES string of the molecule is Cc1cc(C)n(-c2ccc(Cl)c(C(=O)OCc3c(C#N)c(C)nn3-c3ccccc3)n2)n1. The molecular weight excluding hydrogens is 428 g/mol. The van der Waals surface area contributed by atoms with Crippen molar-refractivity contribution in [3.8, 4) is 17.6 Å². The molecule has 4 aromatic rings. The van der Waals surface area contributed by atoms with Gasteiger partial charge < -0.3 is 4.74 Å². The molecule has 0 N–H and O–H groups in total. The van der Waals surface area contributed by atoms with Gasteiger partial charge >= 0.3 is 5.97 Å². The number of hydrogen-bond acceptors (Lipinski definition) is 6. The van der Waals surface area contributed by atoms with E-state index in [4.69, 9.17) is 16.3 Å². The molecule has 0 spiro atoms. The van der Waals surface area contributed by atoms with Crippen LogP contribution in [0.4, 0.5) is 0 Å². The Balaban J connectivity index is 1.63. The summed E-state index contributed by atoms with van der Waals surface area (Å²) in [4.78, 5) is 17.2. The van der Waals surface area contributed by atoms with Gasteiger partial charge in [-0.25, -0.2) is 19.1 Å². The van der Waals surface area contributed by atoms with Crippen LogP contribution in [0.15, 0.2) is 48.5 Å². The maximum absolute atomic E-state index is 12.9. The molecule has 0 bridgehead atoms. The second kappa shape index (κ2) is 8.65. The van der Waals surface area contributed by atoms with E-state index >= 15 is 0 Å². The summed E-state index contributed by atoms with van der Waals surface area (Å²) in [5.74, 6) is -0.254. The minimum Gasteiger partial charge on any atom is -0.454 e. The molecular formula is C23H19ClN6O2. The van der Waals surface area contributed by atoms with E-state index in [9.17, 15) is 10.1 Å². The van der Waals surface area contributed by atoms with Gasteiger partial charge in [-0.05, 0) is 51.1 Å². The molecule has 0 unspecified atom stereocenters. The number of para-hydroxylation sites is 1. The molecule has 0 radical (unpaired) electrons. The first-order chi connectivity index (χ1) is 15.4. The summed E-state index contributed by atoms with van der Waals surface area (Å²) >= 11 is 6.23. The Bertz CT molecular complexity index is 1350. The number of nitriles is 1. The zero-order valence-corrected chi connectivity index (χ0v) is 18.5. The number of esters is 1. The third-order valence-electron chi connectivity index (χ3n) is 4.86. The van der Waals surface area contributed by atoms with Crippen molar-refractivity contribution in [3.05, 3.63) is 87.6 Å². The van der Waals surface area contributed by atoms with Gasteiger partial charge in [0.1, 0.15) is 18.2 Å². The van der Waals surface area contributed by atoms with Crippen LogP contribution < -0.4 is 0 Å². The number of carbonyl (C=O) groups is 1. The lowest BCUT2D eigenvalue weighted by Gasteiger charge is -2.10. The molecule has 0 fully saturated rings. The lowest BCUT2D eigenvalue weighted by molar-refractivity contribution is 0.0458. The van der Waals surface area contributed by atoms with Crippen molar-refractivity contribution in [2.75, 3.05) is 0 Å². The number of carbonyl (C=O) groups excluding carboxylic acids is 1. The summed E-state index contributed by atoms with van der Waals surface area (Å²) in [6.07, 6.45) is 0. The van der Waals surface area contributed by atoms with Crippen LogP contribution in [0.5, 0.6) is 0 Å². The van der Waals surface area contributed by atoms with Crippen molar-refractivity contribution in [1.82, 2.24) is 24.5 Å². The lowest BCUT2D eigenvalue weighted by atomic mass is 10.2. The average Bonchev–Trinajstić information content (AvgIpc) is 3.30. The van der Waals surface area contributed by atoms with Crippen LogP contribution >= 0.6 is 11.6 Å². The number of rotatable bonds is 5. The van der Waals surface area contributed by atoms with Gasteiger partial charge in [-0.15, -0.1) is 0 Å². The maximum atomic E-state index is 12.9. The van der Waals surface area contributed by atoms with Crippen LogP contribution in [-0.4, -0.2) is 30.5 Å². The average molecular weight is 447 g/mol. The summed E-state index contributed by atoms with van der Waals surface area (Å²) in [6, 6.07) is 16.6. The van der Waals surface area contributed by atoms with Crippen molar-refractivity contribution in [3.63, 3.8) is 0 Å². The normalized spacial score (nSPS) is 10.7. The van der Waals surface area contributed by atoms with Gasteiger partial charge in [-0.1, -0.05) is 29.8 Å². The van der Waals surface area contributed by atoms with Crippen molar-refractivity contribution in [1.29, 1.82) is 5.26 Å². The molecule has 0 saturated carbocycles. The summed E-state index contributed by atoms with van der Waals surface area (Å²) in [6.45, 7) is 5.34. The van der Waals surface area contributed by atoms with E-state index in [2.05, 4.69) is 21.3 Å². The van der Waals surface area contributed by atoms with Crippen LogP contribution in [0.25, 0.3) is 11.5 Å². The zero-order chi connectivity index (χ0) is 22.8. The Hall–Kier alpha value is -3.96. The first kappa shape index (κ1) is 21.3. The molecule has 3 aromatic heterocycles. The fourth-order valence-electron chi connectivity index (χ4n) is 3.39. The van der Waals surface area contributed by atoms with Gasteiger partial charge in [0.2, 0.25) is 0 Å². The summed E-state index contributed by atoms with van der Waals surface area (Å²) in [7, 11) is 0. The molecule has 0 saturated heterocycles. The monoisotopic (exact) mass is 446 g/mol. The van der Waals surface area contributed by atoms with E-state index in [0.29, 0.717) is 22.8 Å². The fraction of sp³-hybridized carbons (Fsp3) is 0.174. The summed E-state index contributed by atoms with van der Waals surface area (Å²) < 4.78 is 8.74. The Labute approximate surface area is 189 Å². The molecule has 0 amide bonds. The highest BCUT2D eigenvalue weighted by Crippen LogP contribution is 2.22. The van der Waals surface area contributed by atoms with Crippen LogP contribution in [0, 0.1) is 32.1 Å². The van der Waals surface area contributed by atoms with Gasteiger partial charge in [-0.2, -0.15) is 15.5 Å². The Morgan fingerprint density at radius 2 is 1.84 bits per heavy atom. The van der Waals surface area contributed by atoms with Gasteiger partial charge in [0.05, 0.1) is 27.8 Å². The number of benzene rings is 1. The molecule has 160 valence electrons. The van der Waals surface area contributed by atoms with Crippen LogP contribution in [0.3, 0.4) is 0 Å². The molecule has 9 heteroatoms. The number of aromatic nitrogens is 5. The third-order valence-corrected chi connectivity index (χ3v) is 5.16. The largest absolute Gasteiger partial charge is 0.454 e. The standard InChI is InChI=1S/C23H19ClN6O2/c1-14-11-15(2)29(27-14)21-10-9-19(24)22(26-21)23(31)32-13-20-18(12-25)16(3)28-30(20)17-7-5-4-6-8-17/h4-11H,13H2,1-3H3. The summed E-state index contributed by atoms with van der Waals surface area (Å²) in [5.41, 5.74) is 3.80. The van der Waals surface area contributed by atoms with Crippen LogP contribution in [0.2, 0.25) is 5.02 Å². The van der Waals surface area contributed by atoms with E-state index in [0.717, 1.165) is 17.1 Å². The molecule has 4 rings (SSSR count). The third kappa shape index (κ3) is 3.98. The van der Waals surface area contributed by atoms with E-state index in [1.807, 2.05) is 50.2 Å². The Morgan fingerprint density at radius 1 is 1.09 bits per heavy atom. The molecule has 8 nitrogen and oxygen atoms in total. The van der Waals surface area contributed by atoms with E-state index in [-0.39, 0.29) is 17.3 Å². The number of halogens is 1. The molecule has 32 heavy (non-hydrogen) atoms. The minimum absolute atomic E-state index is 0.0299. The van der Waals surface area contributed by atoms with Gasteiger partial charge in [0.25, 0.3) is 0 Å². The first-order valence-corrected chi connectivity index (χ1v) is 10.2. The number of aryl methyl sites for hydroxylation is 3. The lowest BCUT2D eigenvalue weighted by Crippen LogP contribution is -2.13. The predicted molar refractivity (Wildman–Crippen MR) is 118 cm³/mol. The second-order valence-corrected chi connectivity index (χ2v) is 7.59. The predicted octanol–water partition coefficient (Wildman–Crippen LogP) is 4.26. The fourth-order valence-corrected chi connectivity index (χ4v) is 3.58. The van der Waals surface area contributed by atoms with Crippen LogP contribution in [0.1, 0.15) is 38.8 Å². The van der Waals surface area contributed by atoms with Gasteiger partial charge in [-0.3, -0.25) is 0 Å². The molecule has 0 aliphatic carbocycles. The van der Waals surface area contributed by atoms with Crippen molar-refractivity contribution >= 4 is 17.6 Å². The Morgan fingerprint density at radius 3 is 2.50 bits per heavy atom. The highest BCUT2D eigenvalue weighted by atomic mass is 35.5. The first-order valence-electron chi connectivity index (χ1n) is 9.80. The molecule has 0 aliphatic rings. The highest BCUT2D eigenvalue weighted by molar-refractivity contribution is 6.33. The number of pyridine rings is 1. The molecule has 0 atom stereocenters. The van der Waals surface area contributed by atoms with Crippen molar-refractivity contribution in [2.24, 2.45) is 0 Å².